The number of nitrogens with two attached hydrogens (primary N) is 1. The molecule has 4 N–H and O–H groups in total. The fourth-order valence-electron chi connectivity index (χ4n) is 3.91. The summed E-state index contributed by atoms with van der Waals surface area (Å²) in [4.78, 5) is 3.87. The second-order valence-corrected chi connectivity index (χ2v) is 7.74. The summed E-state index contributed by atoms with van der Waals surface area (Å²) < 4.78 is 5.24. The topological polar surface area (TPSA) is 112 Å². The minimum absolute atomic E-state index is 0.0248. The Morgan fingerprint density at radius 2 is 2.14 bits per heavy atom. The van der Waals surface area contributed by atoms with Crippen molar-refractivity contribution in [2.45, 2.75) is 31.7 Å². The van der Waals surface area contributed by atoms with Crippen molar-refractivity contribution >= 4 is 17.1 Å². The fraction of sp³-hybridized carbons (Fsp3) is 0.227. The summed E-state index contributed by atoms with van der Waals surface area (Å²) >= 11 is 0. The lowest BCUT2D eigenvalue weighted by Gasteiger charge is -2.20. The number of rotatable bonds is 4. The minimum atomic E-state index is -0.0248. The van der Waals surface area contributed by atoms with E-state index >= 15 is 0 Å². The van der Waals surface area contributed by atoms with E-state index in [4.69, 9.17) is 15.6 Å². The van der Waals surface area contributed by atoms with Crippen LogP contribution in [0.1, 0.15) is 54.3 Å². The molecule has 140 valence electrons. The van der Waals surface area contributed by atoms with Crippen LogP contribution in [0.2, 0.25) is 0 Å². The number of anilines is 2. The molecule has 0 aliphatic heterocycles. The summed E-state index contributed by atoms with van der Waals surface area (Å²) in [6.07, 6.45) is 3.72. The van der Waals surface area contributed by atoms with Gasteiger partial charge in [-0.2, -0.15) is 5.26 Å². The number of benzene rings is 2. The van der Waals surface area contributed by atoms with Gasteiger partial charge in [-0.05, 0) is 53.3 Å². The molecular weight excluding hydrogens is 350 g/mol. The first kappa shape index (κ1) is 17.8. The van der Waals surface area contributed by atoms with Gasteiger partial charge >= 0.3 is 0 Å². The van der Waals surface area contributed by atoms with Crippen LogP contribution in [0.3, 0.4) is 0 Å². The van der Waals surface area contributed by atoms with Crippen LogP contribution < -0.4 is 11.1 Å². The fourth-order valence-corrected chi connectivity index (χ4v) is 3.91. The zero-order valence-electron chi connectivity index (χ0n) is 15.8. The molecule has 0 saturated carbocycles. The molecule has 1 aliphatic carbocycles. The first-order chi connectivity index (χ1) is 13.4. The standard InChI is InChI=1S/C22H21N5O/c1-22(2)9-19(15-5-3-13(10-23)7-17(15)22)27-14-4-6-18(24)16(8-14)21(25)20-11-26-12-28-20/h3-8,11-12,19,25,27H,9,24H2,1-2H3. The Morgan fingerprint density at radius 1 is 1.32 bits per heavy atom. The van der Waals surface area contributed by atoms with Gasteiger partial charge in [0.15, 0.2) is 12.2 Å². The summed E-state index contributed by atoms with van der Waals surface area (Å²) in [5.41, 5.74) is 11.3. The lowest BCUT2D eigenvalue weighted by atomic mass is 9.86. The second kappa shape index (κ2) is 6.54. The third kappa shape index (κ3) is 3.01. The lowest BCUT2D eigenvalue weighted by Crippen LogP contribution is -2.15. The average Bonchev–Trinajstić information content (AvgIpc) is 3.30. The Hall–Kier alpha value is -3.59. The van der Waals surface area contributed by atoms with E-state index in [0.717, 1.165) is 12.1 Å². The molecule has 28 heavy (non-hydrogen) atoms. The minimum Gasteiger partial charge on any atom is -0.442 e. The number of nitrogens with one attached hydrogen (secondary N) is 2. The molecule has 6 nitrogen and oxygen atoms in total. The summed E-state index contributed by atoms with van der Waals surface area (Å²) in [7, 11) is 0. The lowest BCUT2D eigenvalue weighted by molar-refractivity contribution is 0.493. The first-order valence-electron chi connectivity index (χ1n) is 9.07. The average molecular weight is 371 g/mol. The van der Waals surface area contributed by atoms with E-state index in [-0.39, 0.29) is 17.2 Å². The van der Waals surface area contributed by atoms with Gasteiger partial charge in [0, 0.05) is 16.9 Å². The van der Waals surface area contributed by atoms with Crippen molar-refractivity contribution in [3.63, 3.8) is 0 Å². The molecule has 6 heteroatoms. The van der Waals surface area contributed by atoms with Gasteiger partial charge in [0.2, 0.25) is 0 Å². The van der Waals surface area contributed by atoms with E-state index in [9.17, 15) is 5.26 Å². The molecule has 0 spiro atoms. The molecule has 1 atom stereocenters. The van der Waals surface area contributed by atoms with E-state index < -0.39 is 0 Å². The number of hydrogen-bond acceptors (Lipinski definition) is 6. The number of oxazole rings is 1. The highest BCUT2D eigenvalue weighted by molar-refractivity contribution is 6.12. The Labute approximate surface area is 163 Å². The Balaban J connectivity index is 1.65. The second-order valence-electron chi connectivity index (χ2n) is 7.74. The Bertz CT molecular complexity index is 1090. The molecule has 1 aromatic heterocycles. The van der Waals surface area contributed by atoms with E-state index in [1.165, 1.54) is 23.7 Å². The molecule has 1 aliphatic rings. The number of nitriles is 1. The predicted octanol–water partition coefficient (Wildman–Crippen LogP) is 4.38. The van der Waals surface area contributed by atoms with Crippen molar-refractivity contribution in [3.05, 3.63) is 77.0 Å². The largest absolute Gasteiger partial charge is 0.442 e. The zero-order chi connectivity index (χ0) is 19.9. The van der Waals surface area contributed by atoms with Crippen molar-refractivity contribution in [1.82, 2.24) is 4.98 Å². The smallest absolute Gasteiger partial charge is 0.181 e. The maximum atomic E-state index is 9.22. The van der Waals surface area contributed by atoms with E-state index in [0.29, 0.717) is 22.6 Å². The molecule has 0 saturated heterocycles. The van der Waals surface area contributed by atoms with Crippen LogP contribution in [0, 0.1) is 16.7 Å². The third-order valence-electron chi connectivity index (χ3n) is 5.34. The molecule has 1 heterocycles. The highest BCUT2D eigenvalue weighted by Crippen LogP contribution is 2.46. The van der Waals surface area contributed by atoms with Crippen molar-refractivity contribution < 1.29 is 4.42 Å². The third-order valence-corrected chi connectivity index (χ3v) is 5.34. The number of hydrogen-bond donors (Lipinski definition) is 3. The Morgan fingerprint density at radius 3 is 2.86 bits per heavy atom. The molecule has 4 rings (SSSR count). The molecular formula is C22H21N5O. The SMILES string of the molecule is CC1(C)CC(Nc2ccc(N)c(C(=N)c3cnco3)c2)c2ccc(C#N)cc21. The highest BCUT2D eigenvalue weighted by Gasteiger charge is 2.37. The normalized spacial score (nSPS) is 17.0. The number of nitrogens with zero attached hydrogens (tertiary/aromatic N) is 2. The van der Waals surface area contributed by atoms with E-state index in [1.807, 2.05) is 30.3 Å². The summed E-state index contributed by atoms with van der Waals surface area (Å²) in [5.74, 6) is 0.375. The van der Waals surface area contributed by atoms with Crippen LogP contribution in [-0.2, 0) is 5.41 Å². The van der Waals surface area contributed by atoms with Gasteiger partial charge in [-0.1, -0.05) is 19.9 Å². The van der Waals surface area contributed by atoms with Gasteiger partial charge in [0.05, 0.1) is 23.9 Å². The molecule has 1 unspecified atom stereocenters. The van der Waals surface area contributed by atoms with Crippen LogP contribution in [-0.4, -0.2) is 10.7 Å². The van der Waals surface area contributed by atoms with Crippen molar-refractivity contribution in [1.29, 1.82) is 10.7 Å². The molecule has 0 radical (unpaired) electrons. The Kier molecular flexibility index (Phi) is 4.16. The van der Waals surface area contributed by atoms with E-state index in [2.05, 4.69) is 30.2 Å². The van der Waals surface area contributed by atoms with Crippen molar-refractivity contribution in [2.24, 2.45) is 0 Å². The van der Waals surface area contributed by atoms with Crippen molar-refractivity contribution in [3.8, 4) is 6.07 Å². The van der Waals surface area contributed by atoms with Crippen LogP contribution in [0.4, 0.5) is 11.4 Å². The molecule has 0 amide bonds. The van der Waals surface area contributed by atoms with Crippen LogP contribution in [0.15, 0.2) is 53.4 Å². The predicted molar refractivity (Wildman–Crippen MR) is 108 cm³/mol. The number of fused-ring (bicyclic) bond motifs is 1. The molecule has 0 bridgehead atoms. The summed E-state index contributed by atoms with van der Waals surface area (Å²) in [6, 6.07) is 13.8. The van der Waals surface area contributed by atoms with Gasteiger partial charge in [0.1, 0.15) is 5.71 Å². The van der Waals surface area contributed by atoms with Gasteiger partial charge in [-0.25, -0.2) is 4.98 Å². The van der Waals surface area contributed by atoms with E-state index in [1.54, 1.807) is 6.07 Å². The summed E-state index contributed by atoms with van der Waals surface area (Å²) in [5, 5.41) is 21.2. The monoisotopic (exact) mass is 371 g/mol. The zero-order valence-corrected chi connectivity index (χ0v) is 15.8. The van der Waals surface area contributed by atoms with Crippen molar-refractivity contribution in [2.75, 3.05) is 11.1 Å². The van der Waals surface area contributed by atoms with Gasteiger partial charge in [0.25, 0.3) is 0 Å². The quantitative estimate of drug-likeness (QED) is 0.465. The summed E-state index contributed by atoms with van der Waals surface area (Å²) in [6.45, 7) is 4.39. The van der Waals surface area contributed by atoms with Gasteiger partial charge < -0.3 is 15.5 Å². The van der Waals surface area contributed by atoms with Gasteiger partial charge in [-0.3, -0.25) is 5.41 Å². The first-order valence-corrected chi connectivity index (χ1v) is 9.07. The molecule has 0 fully saturated rings. The van der Waals surface area contributed by atoms with Crippen LogP contribution in [0.5, 0.6) is 0 Å². The maximum absolute atomic E-state index is 9.22. The van der Waals surface area contributed by atoms with Crippen LogP contribution in [0.25, 0.3) is 0 Å². The number of aromatic nitrogens is 1. The highest BCUT2D eigenvalue weighted by atomic mass is 16.3. The maximum Gasteiger partial charge on any atom is 0.181 e. The van der Waals surface area contributed by atoms with Gasteiger partial charge in [-0.15, -0.1) is 0 Å². The van der Waals surface area contributed by atoms with Crippen LogP contribution >= 0.6 is 0 Å². The molecule has 2 aromatic carbocycles. The molecule has 3 aromatic rings. The number of nitrogen functional groups attached to an aromatic ring is 1.